The van der Waals surface area contributed by atoms with Crippen molar-refractivity contribution in [2.75, 3.05) is 20.1 Å². The second kappa shape index (κ2) is 2.44. The standard InChI is InChI=1S/C5H13N3/c1-7-5-2-3-8(6)4-5/h5,7H,2-4,6H2,1H3/t5-/m1/s1. The number of hydrogen-bond donors (Lipinski definition) is 2. The Balaban J connectivity index is 2.22. The molecule has 0 spiro atoms. The first-order valence-electron chi connectivity index (χ1n) is 3.00. The Kier molecular flexibility index (Phi) is 1.83. The number of rotatable bonds is 1. The van der Waals surface area contributed by atoms with Gasteiger partial charge in [0.25, 0.3) is 0 Å². The number of nitrogens with two attached hydrogens (primary N) is 1. The Labute approximate surface area is 49.8 Å². The Morgan fingerprint density at radius 1 is 1.75 bits per heavy atom. The van der Waals surface area contributed by atoms with E-state index in [0.29, 0.717) is 6.04 Å². The largest absolute Gasteiger partial charge is 0.316 e. The van der Waals surface area contributed by atoms with Crippen LogP contribution in [0.1, 0.15) is 6.42 Å². The smallest absolute Gasteiger partial charge is 0.0283 e. The number of nitrogens with zero attached hydrogens (tertiary/aromatic N) is 1. The minimum atomic E-state index is 0.625. The van der Waals surface area contributed by atoms with Gasteiger partial charge in [-0.05, 0) is 13.5 Å². The van der Waals surface area contributed by atoms with Crippen LogP contribution < -0.4 is 11.2 Å². The molecule has 0 radical (unpaired) electrons. The summed E-state index contributed by atoms with van der Waals surface area (Å²) in [7, 11) is 1.98. The van der Waals surface area contributed by atoms with Crippen molar-refractivity contribution in [3.8, 4) is 0 Å². The predicted molar refractivity (Wildman–Crippen MR) is 33.2 cm³/mol. The molecule has 1 atom stereocenters. The predicted octanol–water partition coefficient (Wildman–Crippen LogP) is -0.846. The van der Waals surface area contributed by atoms with Crippen LogP contribution in [-0.4, -0.2) is 31.2 Å². The molecule has 3 nitrogen and oxygen atoms in total. The molecule has 0 aliphatic carbocycles. The van der Waals surface area contributed by atoms with Gasteiger partial charge in [-0.2, -0.15) is 0 Å². The van der Waals surface area contributed by atoms with Crippen LogP contribution >= 0.6 is 0 Å². The van der Waals surface area contributed by atoms with Gasteiger partial charge in [-0.3, -0.25) is 5.84 Å². The SMILES string of the molecule is CN[C@@H]1CCN(N)C1. The van der Waals surface area contributed by atoms with Gasteiger partial charge in [0.2, 0.25) is 0 Å². The van der Waals surface area contributed by atoms with Crippen molar-refractivity contribution in [2.24, 2.45) is 5.84 Å². The lowest BCUT2D eigenvalue weighted by atomic mass is 10.3. The Bertz CT molecular complexity index is 74.1. The molecule has 3 heteroatoms. The maximum atomic E-state index is 5.49. The average Bonchev–Trinajstić information content (AvgIpc) is 2.14. The van der Waals surface area contributed by atoms with Gasteiger partial charge in [-0.1, -0.05) is 0 Å². The second-order valence-corrected chi connectivity index (χ2v) is 2.27. The van der Waals surface area contributed by atoms with Crippen molar-refractivity contribution in [2.45, 2.75) is 12.5 Å². The zero-order valence-electron chi connectivity index (χ0n) is 5.22. The van der Waals surface area contributed by atoms with Gasteiger partial charge in [-0.25, -0.2) is 5.01 Å². The molecule has 0 aromatic rings. The summed E-state index contributed by atoms with van der Waals surface area (Å²) < 4.78 is 0. The molecular formula is C5H13N3. The van der Waals surface area contributed by atoms with Gasteiger partial charge in [0, 0.05) is 19.1 Å². The van der Waals surface area contributed by atoms with Crippen LogP contribution in [0.15, 0.2) is 0 Å². The van der Waals surface area contributed by atoms with Crippen LogP contribution in [0.5, 0.6) is 0 Å². The molecule has 0 amide bonds. The van der Waals surface area contributed by atoms with Gasteiger partial charge in [-0.15, -0.1) is 0 Å². The highest BCUT2D eigenvalue weighted by Gasteiger charge is 2.16. The molecule has 1 saturated heterocycles. The van der Waals surface area contributed by atoms with Crippen LogP contribution in [0.4, 0.5) is 0 Å². The third-order valence-electron chi connectivity index (χ3n) is 1.63. The Morgan fingerprint density at radius 2 is 2.50 bits per heavy atom. The first kappa shape index (κ1) is 6.01. The maximum Gasteiger partial charge on any atom is 0.0283 e. The second-order valence-electron chi connectivity index (χ2n) is 2.27. The number of likely N-dealkylation sites (N-methyl/N-ethyl adjacent to an activating group) is 1. The van der Waals surface area contributed by atoms with Crippen LogP contribution in [0.25, 0.3) is 0 Å². The lowest BCUT2D eigenvalue weighted by Crippen LogP contribution is -2.33. The highest BCUT2D eigenvalue weighted by atomic mass is 15.4. The molecule has 1 heterocycles. The minimum absolute atomic E-state index is 0.625. The summed E-state index contributed by atoms with van der Waals surface area (Å²) in [5.41, 5.74) is 0. The summed E-state index contributed by atoms with van der Waals surface area (Å²) in [6.45, 7) is 2.03. The van der Waals surface area contributed by atoms with Crippen molar-refractivity contribution >= 4 is 0 Å². The molecule has 0 aromatic carbocycles. The van der Waals surface area contributed by atoms with E-state index < -0.39 is 0 Å². The minimum Gasteiger partial charge on any atom is -0.316 e. The fourth-order valence-electron chi connectivity index (χ4n) is 1.02. The third kappa shape index (κ3) is 1.18. The fourth-order valence-corrected chi connectivity index (χ4v) is 1.02. The maximum absolute atomic E-state index is 5.49. The summed E-state index contributed by atoms with van der Waals surface area (Å²) in [5, 5.41) is 5.02. The summed E-state index contributed by atoms with van der Waals surface area (Å²) in [6.07, 6.45) is 1.19. The van der Waals surface area contributed by atoms with Crippen molar-refractivity contribution in [1.82, 2.24) is 10.3 Å². The van der Waals surface area contributed by atoms with E-state index in [9.17, 15) is 0 Å². The zero-order chi connectivity index (χ0) is 5.98. The fraction of sp³-hybridized carbons (Fsp3) is 1.00. The van der Waals surface area contributed by atoms with Gasteiger partial charge in [0.15, 0.2) is 0 Å². The third-order valence-corrected chi connectivity index (χ3v) is 1.63. The first-order valence-corrected chi connectivity index (χ1v) is 3.00. The van der Waals surface area contributed by atoms with E-state index in [1.165, 1.54) is 6.42 Å². The highest BCUT2D eigenvalue weighted by Crippen LogP contribution is 2.02. The molecule has 48 valence electrons. The summed E-state index contributed by atoms with van der Waals surface area (Å²) in [5.74, 6) is 5.49. The van der Waals surface area contributed by atoms with Crippen molar-refractivity contribution in [3.05, 3.63) is 0 Å². The van der Waals surface area contributed by atoms with Gasteiger partial charge < -0.3 is 5.32 Å². The Morgan fingerprint density at radius 3 is 2.75 bits per heavy atom. The van der Waals surface area contributed by atoms with Crippen molar-refractivity contribution in [1.29, 1.82) is 0 Å². The lowest BCUT2D eigenvalue weighted by molar-refractivity contribution is 0.344. The molecule has 3 N–H and O–H groups in total. The van der Waals surface area contributed by atoms with Crippen LogP contribution in [-0.2, 0) is 0 Å². The van der Waals surface area contributed by atoms with E-state index in [-0.39, 0.29) is 0 Å². The topological polar surface area (TPSA) is 41.3 Å². The van der Waals surface area contributed by atoms with E-state index in [4.69, 9.17) is 5.84 Å². The van der Waals surface area contributed by atoms with Gasteiger partial charge in [0.1, 0.15) is 0 Å². The molecule has 1 fully saturated rings. The Hall–Kier alpha value is -0.120. The molecule has 8 heavy (non-hydrogen) atoms. The highest BCUT2D eigenvalue weighted by molar-refractivity contribution is 4.75. The normalized spacial score (nSPS) is 31.5. The quantitative estimate of drug-likeness (QED) is 0.437. The first-order chi connectivity index (χ1) is 3.83. The van der Waals surface area contributed by atoms with Gasteiger partial charge in [0.05, 0.1) is 0 Å². The summed E-state index contributed by atoms with van der Waals surface area (Å²) in [6, 6.07) is 0.625. The molecule has 1 aliphatic rings. The number of hydrazine groups is 1. The van der Waals surface area contributed by atoms with Crippen LogP contribution in [0.3, 0.4) is 0 Å². The summed E-state index contributed by atoms with van der Waals surface area (Å²) in [4.78, 5) is 0. The average molecular weight is 115 g/mol. The van der Waals surface area contributed by atoms with E-state index in [1.54, 1.807) is 0 Å². The van der Waals surface area contributed by atoms with Crippen LogP contribution in [0, 0.1) is 0 Å². The number of hydrogen-bond acceptors (Lipinski definition) is 3. The molecule has 1 rings (SSSR count). The van der Waals surface area contributed by atoms with Crippen molar-refractivity contribution in [3.63, 3.8) is 0 Å². The zero-order valence-corrected chi connectivity index (χ0v) is 5.22. The van der Waals surface area contributed by atoms with E-state index >= 15 is 0 Å². The van der Waals surface area contributed by atoms with Gasteiger partial charge >= 0.3 is 0 Å². The molecule has 0 unspecified atom stereocenters. The summed E-state index contributed by atoms with van der Waals surface area (Å²) >= 11 is 0. The molecule has 0 saturated carbocycles. The van der Waals surface area contributed by atoms with E-state index in [0.717, 1.165) is 13.1 Å². The van der Waals surface area contributed by atoms with E-state index in [1.807, 2.05) is 12.1 Å². The molecular weight excluding hydrogens is 102 g/mol. The number of nitrogens with one attached hydrogen (secondary N) is 1. The monoisotopic (exact) mass is 115 g/mol. The molecule has 1 aliphatic heterocycles. The molecule has 0 bridgehead atoms. The lowest BCUT2D eigenvalue weighted by Gasteiger charge is -2.07. The van der Waals surface area contributed by atoms with Crippen LogP contribution in [0.2, 0.25) is 0 Å². The van der Waals surface area contributed by atoms with Crippen molar-refractivity contribution < 1.29 is 0 Å². The van der Waals surface area contributed by atoms with E-state index in [2.05, 4.69) is 5.32 Å². The molecule has 0 aromatic heterocycles.